The summed E-state index contributed by atoms with van der Waals surface area (Å²) >= 11 is 11.9. The number of nitrogens with one attached hydrogen (secondary N) is 4. The highest BCUT2D eigenvalue weighted by Gasteiger charge is 2.24. The first kappa shape index (κ1) is 22.1. The predicted molar refractivity (Wildman–Crippen MR) is 111 cm³/mol. The van der Waals surface area contributed by atoms with Crippen molar-refractivity contribution in [3.63, 3.8) is 0 Å². The summed E-state index contributed by atoms with van der Waals surface area (Å²) < 4.78 is 5.38. The van der Waals surface area contributed by atoms with Gasteiger partial charge >= 0.3 is 6.09 Å². The lowest BCUT2D eigenvalue weighted by Crippen LogP contribution is -2.42. The smallest absolute Gasteiger partial charge is 0.410 e. The molecule has 2 aliphatic rings. The zero-order chi connectivity index (χ0) is 20.6. The molecule has 2 saturated heterocycles. The van der Waals surface area contributed by atoms with E-state index in [0.717, 1.165) is 31.4 Å². The molecule has 2 amide bonds. The van der Waals surface area contributed by atoms with Gasteiger partial charge in [-0.1, -0.05) is 23.2 Å². The van der Waals surface area contributed by atoms with Crippen LogP contribution in [0.1, 0.15) is 31.2 Å². The molecule has 1 aromatic rings. The molecular weight excluding hydrogens is 417 g/mol. The summed E-state index contributed by atoms with van der Waals surface area (Å²) in [6.45, 7) is 2.84. The summed E-state index contributed by atoms with van der Waals surface area (Å²) in [5.74, 6) is 0.448. The van der Waals surface area contributed by atoms with Crippen molar-refractivity contribution in [1.29, 1.82) is 0 Å². The maximum absolute atomic E-state index is 12.3. The highest BCUT2D eigenvalue weighted by molar-refractivity contribution is 6.34. The Bertz CT molecular complexity index is 687. The molecule has 1 atom stereocenters. The van der Waals surface area contributed by atoms with Crippen molar-refractivity contribution in [3.8, 4) is 0 Å². The van der Waals surface area contributed by atoms with E-state index < -0.39 is 0 Å². The molecule has 0 bridgehead atoms. The van der Waals surface area contributed by atoms with Crippen molar-refractivity contribution >= 4 is 35.2 Å². The van der Waals surface area contributed by atoms with Gasteiger partial charge in [-0.25, -0.2) is 15.6 Å². The second kappa shape index (κ2) is 11.0. The van der Waals surface area contributed by atoms with E-state index >= 15 is 0 Å². The van der Waals surface area contributed by atoms with Crippen LogP contribution in [0.5, 0.6) is 0 Å². The van der Waals surface area contributed by atoms with Crippen molar-refractivity contribution in [3.05, 3.63) is 33.8 Å². The molecule has 2 fully saturated rings. The minimum atomic E-state index is -0.338. The summed E-state index contributed by atoms with van der Waals surface area (Å²) in [4.78, 5) is 26.0. The van der Waals surface area contributed by atoms with Crippen molar-refractivity contribution in [2.45, 2.75) is 38.3 Å². The molecule has 0 aliphatic carbocycles. The third kappa shape index (κ3) is 7.31. The monoisotopic (exact) mass is 443 g/mol. The Morgan fingerprint density at radius 2 is 1.90 bits per heavy atom. The quantitative estimate of drug-likeness (QED) is 0.516. The Hall–Kier alpha value is -1.58. The van der Waals surface area contributed by atoms with Gasteiger partial charge in [0, 0.05) is 48.7 Å². The molecule has 0 saturated carbocycles. The highest BCUT2D eigenvalue weighted by atomic mass is 35.5. The van der Waals surface area contributed by atoms with Gasteiger partial charge in [0.25, 0.3) is 0 Å². The molecule has 1 aromatic carbocycles. The van der Waals surface area contributed by atoms with Crippen LogP contribution in [0.2, 0.25) is 10.0 Å². The van der Waals surface area contributed by atoms with Gasteiger partial charge in [-0.3, -0.25) is 4.79 Å². The zero-order valence-electron chi connectivity index (χ0n) is 16.2. The summed E-state index contributed by atoms with van der Waals surface area (Å²) in [5.41, 5.74) is 9.61. The number of amides is 2. The number of halogens is 2. The van der Waals surface area contributed by atoms with Crippen LogP contribution in [0.25, 0.3) is 0 Å². The number of ether oxygens (including phenoxy) is 1. The summed E-state index contributed by atoms with van der Waals surface area (Å²) in [6.07, 6.45) is 2.63. The number of hydrazine groups is 2. The van der Waals surface area contributed by atoms with Gasteiger partial charge in [0.2, 0.25) is 5.91 Å². The van der Waals surface area contributed by atoms with Gasteiger partial charge in [0.05, 0.1) is 0 Å². The maximum atomic E-state index is 12.3. The normalized spacial score (nSPS) is 19.9. The van der Waals surface area contributed by atoms with E-state index in [1.54, 1.807) is 23.1 Å². The van der Waals surface area contributed by atoms with Crippen LogP contribution in [0.15, 0.2) is 18.2 Å². The molecule has 0 aromatic heterocycles. The molecule has 2 heterocycles. The fourth-order valence-electron chi connectivity index (χ4n) is 3.45. The largest absolute Gasteiger partial charge is 0.445 e. The standard InChI is InChI=1S/C19H27Cl2N5O3/c20-15-7-14(8-16(21)9-15)12-29-19(28)26-5-3-13(4-6-26)10-22-18(27)2-1-17-11-23-25-24-17/h7-9,13,17,23-25H,1-6,10-12H2,(H,22,27). The van der Waals surface area contributed by atoms with Gasteiger partial charge < -0.3 is 15.0 Å². The minimum Gasteiger partial charge on any atom is -0.445 e. The van der Waals surface area contributed by atoms with Crippen molar-refractivity contribution in [2.24, 2.45) is 5.92 Å². The molecule has 0 radical (unpaired) electrons. The average molecular weight is 444 g/mol. The molecular formula is C19H27Cl2N5O3. The molecule has 10 heteroatoms. The lowest BCUT2D eigenvalue weighted by molar-refractivity contribution is -0.121. The van der Waals surface area contributed by atoms with Crippen LogP contribution in [-0.2, 0) is 16.1 Å². The summed E-state index contributed by atoms with van der Waals surface area (Å²) in [6, 6.07) is 5.37. The van der Waals surface area contributed by atoms with Crippen molar-refractivity contribution in [2.75, 3.05) is 26.2 Å². The maximum Gasteiger partial charge on any atom is 0.410 e. The first-order valence-corrected chi connectivity index (χ1v) is 10.6. The number of nitrogens with zero attached hydrogens (tertiary/aromatic N) is 1. The van der Waals surface area contributed by atoms with Crippen LogP contribution in [0.3, 0.4) is 0 Å². The molecule has 1 unspecified atom stereocenters. The van der Waals surface area contributed by atoms with E-state index in [0.29, 0.717) is 42.0 Å². The molecule has 160 valence electrons. The first-order valence-electron chi connectivity index (χ1n) is 9.86. The van der Waals surface area contributed by atoms with Crippen LogP contribution in [0.4, 0.5) is 4.79 Å². The molecule has 4 N–H and O–H groups in total. The van der Waals surface area contributed by atoms with E-state index in [-0.39, 0.29) is 24.6 Å². The average Bonchev–Trinajstić information content (AvgIpc) is 3.22. The number of rotatable bonds is 7. The SMILES string of the molecule is O=C(CCC1CNNN1)NCC1CCN(C(=O)OCc2cc(Cl)cc(Cl)c2)CC1. The van der Waals surface area contributed by atoms with E-state index in [1.807, 2.05) is 0 Å². The van der Waals surface area contributed by atoms with E-state index in [2.05, 4.69) is 21.7 Å². The van der Waals surface area contributed by atoms with Gasteiger partial charge in [0.15, 0.2) is 0 Å². The Morgan fingerprint density at radius 3 is 2.55 bits per heavy atom. The second-order valence-corrected chi connectivity index (χ2v) is 8.33. The lowest BCUT2D eigenvalue weighted by atomic mass is 9.97. The Morgan fingerprint density at radius 1 is 1.17 bits per heavy atom. The number of carbonyl (C=O) groups excluding carboxylic acids is 2. The highest BCUT2D eigenvalue weighted by Crippen LogP contribution is 2.21. The second-order valence-electron chi connectivity index (χ2n) is 7.45. The van der Waals surface area contributed by atoms with Gasteiger partial charge in [-0.15, -0.1) is 0 Å². The number of piperidine rings is 1. The lowest BCUT2D eigenvalue weighted by Gasteiger charge is -2.31. The predicted octanol–water partition coefficient (Wildman–Crippen LogP) is 2.22. The van der Waals surface area contributed by atoms with Crippen LogP contribution >= 0.6 is 23.2 Å². The molecule has 2 aliphatic heterocycles. The molecule has 29 heavy (non-hydrogen) atoms. The van der Waals surface area contributed by atoms with Gasteiger partial charge in [-0.2, -0.15) is 5.53 Å². The van der Waals surface area contributed by atoms with E-state index in [4.69, 9.17) is 27.9 Å². The Balaban J connectivity index is 1.31. The number of benzene rings is 1. The van der Waals surface area contributed by atoms with Gasteiger partial charge in [-0.05, 0) is 48.9 Å². The van der Waals surface area contributed by atoms with Crippen LogP contribution in [-0.4, -0.2) is 49.1 Å². The Kier molecular flexibility index (Phi) is 8.38. The van der Waals surface area contributed by atoms with Crippen LogP contribution < -0.4 is 21.7 Å². The fourth-order valence-corrected chi connectivity index (χ4v) is 4.03. The number of hydrogen-bond acceptors (Lipinski definition) is 6. The third-order valence-electron chi connectivity index (χ3n) is 5.18. The fraction of sp³-hybridized carbons (Fsp3) is 0.579. The van der Waals surface area contributed by atoms with Crippen molar-refractivity contribution < 1.29 is 14.3 Å². The summed E-state index contributed by atoms with van der Waals surface area (Å²) in [5, 5.41) is 4.04. The molecule has 8 nitrogen and oxygen atoms in total. The van der Waals surface area contributed by atoms with Gasteiger partial charge in [0.1, 0.15) is 6.61 Å². The molecule has 0 spiro atoms. The number of likely N-dealkylation sites (tertiary alicyclic amines) is 1. The Labute approximate surface area is 180 Å². The van der Waals surface area contributed by atoms with Crippen LogP contribution in [0, 0.1) is 5.92 Å². The number of hydrogen-bond donors (Lipinski definition) is 4. The van der Waals surface area contributed by atoms with Crippen molar-refractivity contribution in [1.82, 2.24) is 26.6 Å². The summed E-state index contributed by atoms with van der Waals surface area (Å²) in [7, 11) is 0. The topological polar surface area (TPSA) is 94.7 Å². The molecule has 3 rings (SSSR count). The third-order valence-corrected chi connectivity index (χ3v) is 5.61. The van der Waals surface area contributed by atoms with E-state index in [9.17, 15) is 9.59 Å². The minimum absolute atomic E-state index is 0.0701. The number of carbonyl (C=O) groups is 2. The van der Waals surface area contributed by atoms with E-state index in [1.165, 1.54) is 0 Å². The first-order chi connectivity index (χ1) is 14.0. The zero-order valence-corrected chi connectivity index (χ0v) is 17.7.